The van der Waals surface area contributed by atoms with Gasteiger partial charge in [-0.2, -0.15) is 0 Å². The minimum Gasteiger partial charge on any atom is -0.313 e. The molecule has 0 fully saturated rings. The van der Waals surface area contributed by atoms with Gasteiger partial charge in [-0.25, -0.2) is 4.39 Å². The number of benzene rings is 1. The number of hydrogen-bond acceptors (Lipinski definition) is 1. The van der Waals surface area contributed by atoms with E-state index in [4.69, 9.17) is 0 Å². The zero-order chi connectivity index (χ0) is 12.7. The van der Waals surface area contributed by atoms with Gasteiger partial charge in [-0.1, -0.05) is 45.4 Å². The summed E-state index contributed by atoms with van der Waals surface area (Å²) in [7, 11) is 0. The molecule has 0 saturated carbocycles. The van der Waals surface area contributed by atoms with Crippen LogP contribution >= 0.6 is 0 Å². The van der Waals surface area contributed by atoms with Gasteiger partial charge in [0.05, 0.1) is 0 Å². The molecule has 2 atom stereocenters. The van der Waals surface area contributed by atoms with Crippen molar-refractivity contribution in [3.63, 3.8) is 0 Å². The van der Waals surface area contributed by atoms with Crippen molar-refractivity contribution in [3.05, 3.63) is 35.6 Å². The first-order valence-electron chi connectivity index (χ1n) is 6.65. The van der Waals surface area contributed by atoms with Crippen molar-refractivity contribution in [1.29, 1.82) is 0 Å². The number of halogens is 1. The van der Waals surface area contributed by atoms with Crippen LogP contribution in [-0.2, 0) is 6.42 Å². The van der Waals surface area contributed by atoms with Gasteiger partial charge in [0.15, 0.2) is 0 Å². The lowest BCUT2D eigenvalue weighted by atomic mass is 9.92. The lowest BCUT2D eigenvalue weighted by Gasteiger charge is -2.24. The average molecular weight is 237 g/mol. The summed E-state index contributed by atoms with van der Waals surface area (Å²) < 4.78 is 13.6. The highest BCUT2D eigenvalue weighted by atomic mass is 19.1. The molecule has 0 radical (unpaired) electrons. The molecule has 0 aliphatic carbocycles. The Bertz CT molecular complexity index is 324. The van der Waals surface area contributed by atoms with Crippen LogP contribution < -0.4 is 5.32 Å². The molecule has 0 aromatic heterocycles. The first-order chi connectivity index (χ1) is 8.19. The monoisotopic (exact) mass is 237 g/mol. The van der Waals surface area contributed by atoms with Crippen molar-refractivity contribution in [2.24, 2.45) is 5.92 Å². The van der Waals surface area contributed by atoms with Gasteiger partial charge in [-0.3, -0.25) is 0 Å². The number of hydrogen-bond donors (Lipinski definition) is 1. The van der Waals surface area contributed by atoms with Crippen LogP contribution in [0.2, 0.25) is 0 Å². The van der Waals surface area contributed by atoms with E-state index in [2.05, 4.69) is 26.1 Å². The van der Waals surface area contributed by atoms with Gasteiger partial charge in [0.1, 0.15) is 5.82 Å². The summed E-state index contributed by atoms with van der Waals surface area (Å²) in [6.07, 6.45) is 3.02. The summed E-state index contributed by atoms with van der Waals surface area (Å²) in [5.41, 5.74) is 0.821. The molecule has 0 saturated heterocycles. The first kappa shape index (κ1) is 14.2. The topological polar surface area (TPSA) is 12.0 Å². The smallest absolute Gasteiger partial charge is 0.126 e. The maximum absolute atomic E-state index is 13.6. The van der Waals surface area contributed by atoms with E-state index in [1.54, 1.807) is 12.1 Å². The molecule has 96 valence electrons. The lowest BCUT2D eigenvalue weighted by Crippen LogP contribution is -2.37. The van der Waals surface area contributed by atoms with Crippen LogP contribution in [0.3, 0.4) is 0 Å². The van der Waals surface area contributed by atoms with Crippen LogP contribution in [0, 0.1) is 11.7 Å². The van der Waals surface area contributed by atoms with Gasteiger partial charge >= 0.3 is 0 Å². The summed E-state index contributed by atoms with van der Waals surface area (Å²) >= 11 is 0. The van der Waals surface area contributed by atoms with Gasteiger partial charge in [-0.15, -0.1) is 0 Å². The minimum absolute atomic E-state index is 0.0842. The molecule has 1 N–H and O–H groups in total. The van der Waals surface area contributed by atoms with Crippen molar-refractivity contribution in [1.82, 2.24) is 5.32 Å². The lowest BCUT2D eigenvalue weighted by molar-refractivity contribution is 0.361. The van der Waals surface area contributed by atoms with Crippen LogP contribution in [0.15, 0.2) is 24.3 Å². The Hall–Kier alpha value is -0.890. The van der Waals surface area contributed by atoms with Crippen LogP contribution in [0.4, 0.5) is 4.39 Å². The highest BCUT2D eigenvalue weighted by Crippen LogP contribution is 2.16. The Kier molecular flexibility index (Phi) is 6.20. The highest BCUT2D eigenvalue weighted by Gasteiger charge is 2.16. The maximum Gasteiger partial charge on any atom is 0.126 e. The van der Waals surface area contributed by atoms with E-state index in [1.807, 2.05) is 12.1 Å². The predicted molar refractivity (Wildman–Crippen MR) is 71.6 cm³/mol. The average Bonchev–Trinajstić information content (AvgIpc) is 2.35. The fourth-order valence-corrected chi connectivity index (χ4v) is 1.99. The minimum atomic E-state index is -0.0842. The van der Waals surface area contributed by atoms with E-state index < -0.39 is 0 Å². The van der Waals surface area contributed by atoms with Crippen LogP contribution in [-0.4, -0.2) is 12.6 Å². The number of nitrogens with one attached hydrogen (secondary N) is 1. The molecule has 0 spiro atoms. The van der Waals surface area contributed by atoms with Crippen molar-refractivity contribution in [3.8, 4) is 0 Å². The Labute approximate surface area is 104 Å². The Balaban J connectivity index is 2.68. The molecule has 0 heterocycles. The Morgan fingerprint density at radius 3 is 2.53 bits per heavy atom. The molecule has 17 heavy (non-hydrogen) atoms. The summed E-state index contributed by atoms with van der Waals surface area (Å²) in [5, 5.41) is 3.53. The van der Waals surface area contributed by atoms with Crippen LogP contribution in [0.5, 0.6) is 0 Å². The zero-order valence-electron chi connectivity index (χ0n) is 11.2. The molecule has 0 bridgehead atoms. The Morgan fingerprint density at radius 1 is 1.24 bits per heavy atom. The second-order valence-electron chi connectivity index (χ2n) is 4.74. The molecule has 1 rings (SSSR count). The second-order valence-corrected chi connectivity index (χ2v) is 4.74. The molecule has 1 nitrogen and oxygen atoms in total. The molecule has 0 amide bonds. The third-order valence-corrected chi connectivity index (χ3v) is 3.39. The summed E-state index contributed by atoms with van der Waals surface area (Å²) in [4.78, 5) is 0. The van der Waals surface area contributed by atoms with Crippen molar-refractivity contribution >= 4 is 0 Å². The van der Waals surface area contributed by atoms with E-state index in [9.17, 15) is 4.39 Å². The molecule has 1 aromatic carbocycles. The van der Waals surface area contributed by atoms with E-state index >= 15 is 0 Å². The molecular formula is C15H24FN. The normalized spacial score (nSPS) is 14.6. The standard InChI is InChI=1S/C15H24FN/c1-4-10-17-15(12(3)5-2)11-13-8-6-7-9-14(13)16/h6-9,12,15,17H,4-5,10-11H2,1-3H3. The predicted octanol–water partition coefficient (Wildman–Crippen LogP) is 3.78. The molecule has 1 aromatic rings. The van der Waals surface area contributed by atoms with Crippen LogP contribution in [0.1, 0.15) is 39.2 Å². The van der Waals surface area contributed by atoms with E-state index in [-0.39, 0.29) is 5.82 Å². The largest absolute Gasteiger partial charge is 0.313 e. The van der Waals surface area contributed by atoms with Gasteiger partial charge in [-0.05, 0) is 36.9 Å². The summed E-state index contributed by atoms with van der Waals surface area (Å²) in [6.45, 7) is 7.58. The van der Waals surface area contributed by atoms with E-state index in [0.717, 1.165) is 31.4 Å². The molecular weight excluding hydrogens is 213 g/mol. The molecule has 2 unspecified atom stereocenters. The Morgan fingerprint density at radius 2 is 1.94 bits per heavy atom. The molecule has 0 aliphatic rings. The van der Waals surface area contributed by atoms with Gasteiger partial charge < -0.3 is 5.32 Å². The fraction of sp³-hybridized carbons (Fsp3) is 0.600. The summed E-state index contributed by atoms with van der Waals surface area (Å²) in [5.74, 6) is 0.486. The van der Waals surface area contributed by atoms with Crippen molar-refractivity contribution in [2.75, 3.05) is 6.54 Å². The van der Waals surface area contributed by atoms with Crippen LogP contribution in [0.25, 0.3) is 0 Å². The van der Waals surface area contributed by atoms with Gasteiger partial charge in [0.25, 0.3) is 0 Å². The molecule has 2 heteroatoms. The number of rotatable bonds is 7. The third-order valence-electron chi connectivity index (χ3n) is 3.39. The van der Waals surface area contributed by atoms with Gasteiger partial charge in [0, 0.05) is 6.04 Å². The van der Waals surface area contributed by atoms with E-state index in [0.29, 0.717) is 12.0 Å². The quantitative estimate of drug-likeness (QED) is 0.761. The summed E-state index contributed by atoms with van der Waals surface area (Å²) in [6, 6.07) is 7.46. The third kappa shape index (κ3) is 4.47. The van der Waals surface area contributed by atoms with Gasteiger partial charge in [0.2, 0.25) is 0 Å². The maximum atomic E-state index is 13.6. The highest BCUT2D eigenvalue weighted by molar-refractivity contribution is 5.18. The van der Waals surface area contributed by atoms with Crippen molar-refractivity contribution in [2.45, 2.75) is 46.1 Å². The first-order valence-corrected chi connectivity index (χ1v) is 6.65. The fourth-order valence-electron chi connectivity index (χ4n) is 1.99. The van der Waals surface area contributed by atoms with E-state index in [1.165, 1.54) is 0 Å². The zero-order valence-corrected chi connectivity index (χ0v) is 11.2. The SMILES string of the molecule is CCCNC(Cc1ccccc1F)C(C)CC. The molecule has 0 aliphatic heterocycles. The second kappa shape index (κ2) is 7.44. The van der Waals surface area contributed by atoms with Crippen molar-refractivity contribution < 1.29 is 4.39 Å².